The van der Waals surface area contributed by atoms with Crippen LogP contribution in [0.4, 0.5) is 4.39 Å². The zero-order valence-corrected chi connectivity index (χ0v) is 7.62. The van der Waals surface area contributed by atoms with Gasteiger partial charge in [0.1, 0.15) is 11.0 Å². The van der Waals surface area contributed by atoms with E-state index in [0.29, 0.717) is 15.5 Å². The van der Waals surface area contributed by atoms with Crippen molar-refractivity contribution in [3.8, 4) is 0 Å². The molecule has 2 rings (SSSR count). The summed E-state index contributed by atoms with van der Waals surface area (Å²) in [6, 6.07) is 3.12. The largest absolute Gasteiger partial charge is 0.204 e. The summed E-state index contributed by atoms with van der Waals surface area (Å²) in [5.41, 5.74) is 0.945. The Morgan fingerprint density at radius 2 is 2.18 bits per heavy atom. The lowest BCUT2D eigenvalue weighted by atomic mass is 10.3. The average Bonchev–Trinajstić information content (AvgIpc) is 2.34. The fourth-order valence-corrected chi connectivity index (χ4v) is 1.77. The van der Waals surface area contributed by atoms with Crippen LogP contribution in [0.25, 0.3) is 11.0 Å². The molecule has 0 N–H and O–H groups in total. The van der Waals surface area contributed by atoms with E-state index < -0.39 is 0 Å². The van der Waals surface area contributed by atoms with Crippen LogP contribution >= 0.6 is 27.7 Å². The first kappa shape index (κ1) is 7.12. The molecule has 0 amide bonds. The second-order valence-corrected chi connectivity index (χ2v) is 3.46. The van der Waals surface area contributed by atoms with Crippen LogP contribution in [-0.4, -0.2) is 8.75 Å². The van der Waals surface area contributed by atoms with E-state index in [1.54, 1.807) is 6.07 Å². The Hall–Kier alpha value is -0.550. The van der Waals surface area contributed by atoms with Gasteiger partial charge < -0.3 is 0 Å². The van der Waals surface area contributed by atoms with Crippen molar-refractivity contribution in [2.45, 2.75) is 0 Å². The van der Waals surface area contributed by atoms with Gasteiger partial charge in [0, 0.05) is 4.47 Å². The van der Waals surface area contributed by atoms with Crippen molar-refractivity contribution in [2.24, 2.45) is 0 Å². The quantitative estimate of drug-likeness (QED) is 0.698. The van der Waals surface area contributed by atoms with Gasteiger partial charge in [-0.05, 0) is 12.1 Å². The fourth-order valence-electron chi connectivity index (χ4n) is 0.818. The molecule has 2 nitrogen and oxygen atoms in total. The highest BCUT2D eigenvalue weighted by Gasteiger charge is 2.05. The van der Waals surface area contributed by atoms with E-state index in [1.807, 2.05) is 0 Å². The van der Waals surface area contributed by atoms with Crippen LogP contribution in [0, 0.1) is 5.82 Å². The molecule has 0 radical (unpaired) electrons. The Labute approximate surface area is 74.5 Å². The molecule has 0 saturated heterocycles. The predicted octanol–water partition coefficient (Wildman–Crippen LogP) is 2.59. The normalized spacial score (nSPS) is 10.7. The highest BCUT2D eigenvalue weighted by molar-refractivity contribution is 9.10. The van der Waals surface area contributed by atoms with Gasteiger partial charge >= 0.3 is 0 Å². The molecule has 0 fully saturated rings. The molecule has 0 aliphatic rings. The lowest BCUT2D eigenvalue weighted by Crippen LogP contribution is -1.77. The van der Waals surface area contributed by atoms with Crippen LogP contribution in [0.2, 0.25) is 0 Å². The van der Waals surface area contributed by atoms with E-state index in [2.05, 4.69) is 24.7 Å². The number of fused-ring (bicyclic) bond motifs is 1. The molecule has 0 unspecified atom stereocenters. The topological polar surface area (TPSA) is 25.8 Å². The smallest absolute Gasteiger partial charge is 0.153 e. The number of hydrogen-bond donors (Lipinski definition) is 0. The van der Waals surface area contributed by atoms with E-state index >= 15 is 0 Å². The first-order valence-corrected chi connectivity index (χ1v) is 4.37. The molecule has 11 heavy (non-hydrogen) atoms. The van der Waals surface area contributed by atoms with Crippen molar-refractivity contribution in [3.05, 3.63) is 22.4 Å². The summed E-state index contributed by atoms with van der Waals surface area (Å²) in [7, 11) is 0. The maximum atomic E-state index is 13.0. The fraction of sp³-hybridized carbons (Fsp3) is 0. The molecule has 1 aromatic heterocycles. The van der Waals surface area contributed by atoms with Crippen LogP contribution in [0.1, 0.15) is 0 Å². The van der Waals surface area contributed by atoms with Crippen LogP contribution < -0.4 is 0 Å². The van der Waals surface area contributed by atoms with Crippen molar-refractivity contribution in [1.29, 1.82) is 0 Å². The molecular weight excluding hydrogens is 231 g/mol. The SMILES string of the molecule is Fc1cc(Br)cc2nsnc12. The van der Waals surface area contributed by atoms with Gasteiger partial charge in [-0.15, -0.1) is 0 Å². The van der Waals surface area contributed by atoms with E-state index in [1.165, 1.54) is 6.07 Å². The second-order valence-electron chi connectivity index (χ2n) is 2.02. The summed E-state index contributed by atoms with van der Waals surface area (Å²) >= 11 is 4.18. The van der Waals surface area contributed by atoms with E-state index in [0.717, 1.165) is 11.7 Å². The maximum absolute atomic E-state index is 13.0. The number of benzene rings is 1. The molecule has 0 spiro atoms. The van der Waals surface area contributed by atoms with Gasteiger partial charge in [0.05, 0.1) is 11.7 Å². The van der Waals surface area contributed by atoms with Gasteiger partial charge in [-0.1, -0.05) is 15.9 Å². The van der Waals surface area contributed by atoms with Crippen LogP contribution in [0.5, 0.6) is 0 Å². The summed E-state index contributed by atoms with van der Waals surface area (Å²) in [6.07, 6.45) is 0. The van der Waals surface area contributed by atoms with Crippen molar-refractivity contribution in [3.63, 3.8) is 0 Å². The van der Waals surface area contributed by atoms with Crippen LogP contribution in [0.15, 0.2) is 16.6 Å². The molecule has 0 atom stereocenters. The van der Waals surface area contributed by atoms with E-state index in [9.17, 15) is 4.39 Å². The lowest BCUT2D eigenvalue weighted by molar-refractivity contribution is 0.637. The van der Waals surface area contributed by atoms with Crippen molar-refractivity contribution >= 4 is 38.7 Å². The molecule has 0 saturated carbocycles. The standard InChI is InChI=1S/C6H2BrFN2S/c7-3-1-4(8)6-5(2-3)9-11-10-6/h1-2H. The Balaban J connectivity index is 2.91. The molecule has 1 heterocycles. The minimum atomic E-state index is -0.330. The van der Waals surface area contributed by atoms with Crippen molar-refractivity contribution in [2.75, 3.05) is 0 Å². The zero-order chi connectivity index (χ0) is 7.84. The first-order valence-electron chi connectivity index (χ1n) is 2.85. The minimum absolute atomic E-state index is 0.330. The third kappa shape index (κ3) is 1.14. The Morgan fingerprint density at radius 1 is 1.36 bits per heavy atom. The molecule has 56 valence electrons. The van der Waals surface area contributed by atoms with Gasteiger partial charge in [0.25, 0.3) is 0 Å². The Morgan fingerprint density at radius 3 is 3.00 bits per heavy atom. The van der Waals surface area contributed by atoms with E-state index in [4.69, 9.17) is 0 Å². The first-order chi connectivity index (χ1) is 5.27. The minimum Gasteiger partial charge on any atom is -0.204 e. The van der Waals surface area contributed by atoms with Gasteiger partial charge in [-0.2, -0.15) is 8.75 Å². The molecule has 5 heteroatoms. The Bertz CT molecular complexity index is 400. The van der Waals surface area contributed by atoms with E-state index in [-0.39, 0.29) is 5.82 Å². The summed E-state index contributed by atoms with van der Waals surface area (Å²) in [5, 5.41) is 0. The molecule has 1 aromatic carbocycles. The molecular formula is C6H2BrFN2S. The van der Waals surface area contributed by atoms with Crippen molar-refractivity contribution in [1.82, 2.24) is 8.75 Å². The highest BCUT2D eigenvalue weighted by Crippen LogP contribution is 2.20. The van der Waals surface area contributed by atoms with Crippen LogP contribution in [-0.2, 0) is 0 Å². The number of hydrogen-bond acceptors (Lipinski definition) is 3. The number of aromatic nitrogens is 2. The van der Waals surface area contributed by atoms with Gasteiger partial charge in [-0.3, -0.25) is 0 Å². The third-order valence-electron chi connectivity index (χ3n) is 1.28. The zero-order valence-electron chi connectivity index (χ0n) is 5.21. The van der Waals surface area contributed by atoms with Crippen molar-refractivity contribution < 1.29 is 4.39 Å². The molecule has 0 aliphatic heterocycles. The average molecular weight is 233 g/mol. The molecule has 0 aliphatic carbocycles. The van der Waals surface area contributed by atoms with Crippen LogP contribution in [0.3, 0.4) is 0 Å². The predicted molar refractivity (Wildman–Crippen MR) is 45.1 cm³/mol. The summed E-state index contributed by atoms with van der Waals surface area (Å²) in [4.78, 5) is 0. The summed E-state index contributed by atoms with van der Waals surface area (Å²) in [6.45, 7) is 0. The molecule has 0 bridgehead atoms. The third-order valence-corrected chi connectivity index (χ3v) is 2.28. The molecule has 2 aromatic rings. The Kier molecular flexibility index (Phi) is 1.61. The lowest BCUT2D eigenvalue weighted by Gasteiger charge is -1.90. The number of rotatable bonds is 0. The second kappa shape index (κ2) is 2.49. The summed E-state index contributed by atoms with van der Waals surface area (Å²) < 4.78 is 21.3. The number of halogens is 2. The van der Waals surface area contributed by atoms with Gasteiger partial charge in [-0.25, -0.2) is 4.39 Å². The maximum Gasteiger partial charge on any atom is 0.153 e. The highest BCUT2D eigenvalue weighted by atomic mass is 79.9. The van der Waals surface area contributed by atoms with Gasteiger partial charge in [0.15, 0.2) is 5.82 Å². The number of nitrogens with zero attached hydrogens (tertiary/aromatic N) is 2. The monoisotopic (exact) mass is 232 g/mol. The summed E-state index contributed by atoms with van der Waals surface area (Å²) in [5.74, 6) is -0.330. The van der Waals surface area contributed by atoms with Gasteiger partial charge in [0.2, 0.25) is 0 Å².